The second kappa shape index (κ2) is 9.53. The lowest BCUT2D eigenvalue weighted by molar-refractivity contribution is -0.150. The summed E-state index contributed by atoms with van der Waals surface area (Å²) in [6.07, 6.45) is 2.40. The van der Waals surface area contributed by atoms with Crippen LogP contribution in [0.5, 0.6) is 0 Å². The minimum absolute atomic E-state index is 0.0298. The van der Waals surface area contributed by atoms with Crippen LogP contribution >= 0.6 is 0 Å². The molecule has 1 aromatic rings. The second-order valence-electron chi connectivity index (χ2n) is 6.27. The van der Waals surface area contributed by atoms with Gasteiger partial charge < -0.3 is 15.0 Å². The van der Waals surface area contributed by atoms with Gasteiger partial charge in [0.25, 0.3) is 5.91 Å². The van der Waals surface area contributed by atoms with E-state index in [1.807, 2.05) is 6.07 Å². The lowest BCUT2D eigenvalue weighted by Gasteiger charge is -2.30. The summed E-state index contributed by atoms with van der Waals surface area (Å²) in [6, 6.07) is 8.73. The number of piperidine rings is 1. The summed E-state index contributed by atoms with van der Waals surface area (Å²) < 4.78 is 5.02. The number of benzene rings is 1. The largest absolute Gasteiger partial charge is 0.466 e. The number of amides is 1. The summed E-state index contributed by atoms with van der Waals surface area (Å²) in [4.78, 5) is 37.3. The summed E-state index contributed by atoms with van der Waals surface area (Å²) in [5.74, 6) is -0.873. The van der Waals surface area contributed by atoms with Crippen LogP contribution in [0.25, 0.3) is 0 Å². The van der Waals surface area contributed by atoms with E-state index in [9.17, 15) is 19.6 Å². The van der Waals surface area contributed by atoms with Crippen LogP contribution in [0, 0.1) is 17.2 Å². The molecule has 1 heterocycles. The third-order valence-electron chi connectivity index (χ3n) is 4.41. The maximum Gasteiger partial charge on any atom is 0.309 e. The van der Waals surface area contributed by atoms with E-state index in [0.29, 0.717) is 43.8 Å². The highest BCUT2D eigenvalue weighted by molar-refractivity contribution is 5.98. The van der Waals surface area contributed by atoms with E-state index < -0.39 is 0 Å². The number of rotatable bonds is 6. The Morgan fingerprint density at radius 3 is 2.63 bits per heavy atom. The van der Waals surface area contributed by atoms with Gasteiger partial charge in [-0.15, -0.1) is 0 Å². The summed E-state index contributed by atoms with van der Waals surface area (Å²) >= 11 is 0. The number of carbonyl (C=O) groups is 3. The van der Waals surface area contributed by atoms with Crippen LogP contribution in [0.4, 0.5) is 5.69 Å². The Kier molecular flexibility index (Phi) is 7.12. The van der Waals surface area contributed by atoms with Crippen molar-refractivity contribution in [2.24, 2.45) is 5.92 Å². The molecule has 142 valence electrons. The Bertz CT molecular complexity index is 787. The van der Waals surface area contributed by atoms with E-state index in [2.05, 4.69) is 5.32 Å². The third kappa shape index (κ3) is 5.42. The molecule has 1 amide bonds. The molecule has 2 rings (SSSR count). The van der Waals surface area contributed by atoms with Gasteiger partial charge in [0.05, 0.1) is 12.5 Å². The molecule has 27 heavy (non-hydrogen) atoms. The molecule has 0 aromatic heterocycles. The standard InChI is InChI=1S/C20H23N3O4/c1-3-27-20(26)15-7-9-23(10-8-15)19(25)17(12-21)13-22-18-6-4-5-16(11-18)14(2)24/h4-6,11,13,15,22H,3,7-10H2,1-2H3/b17-13-. The fraction of sp³-hybridized carbons (Fsp3) is 0.400. The number of esters is 1. The molecule has 0 atom stereocenters. The number of hydrogen-bond acceptors (Lipinski definition) is 6. The summed E-state index contributed by atoms with van der Waals surface area (Å²) in [6.45, 7) is 4.39. The zero-order chi connectivity index (χ0) is 19.8. The lowest BCUT2D eigenvalue weighted by Crippen LogP contribution is -2.41. The normalized spacial score (nSPS) is 15.0. The number of carbonyl (C=O) groups excluding carboxylic acids is 3. The van der Waals surface area contributed by atoms with E-state index >= 15 is 0 Å². The first-order chi connectivity index (χ1) is 13.0. The zero-order valence-corrected chi connectivity index (χ0v) is 15.5. The van der Waals surface area contributed by atoms with Gasteiger partial charge in [-0.05, 0) is 38.8 Å². The molecule has 7 nitrogen and oxygen atoms in total. The minimum Gasteiger partial charge on any atom is -0.466 e. The SMILES string of the molecule is CCOC(=O)C1CCN(C(=O)/C(C#N)=C\Nc2cccc(C(C)=O)c2)CC1. The van der Waals surface area contributed by atoms with Crippen molar-refractivity contribution in [2.45, 2.75) is 26.7 Å². The van der Waals surface area contributed by atoms with E-state index in [-0.39, 0.29) is 29.2 Å². The Balaban J connectivity index is 1.99. The van der Waals surface area contributed by atoms with Crippen molar-refractivity contribution in [3.63, 3.8) is 0 Å². The Morgan fingerprint density at radius 1 is 1.33 bits per heavy atom. The van der Waals surface area contributed by atoms with Gasteiger partial charge in [-0.3, -0.25) is 14.4 Å². The predicted molar refractivity (Wildman–Crippen MR) is 99.7 cm³/mol. The quantitative estimate of drug-likeness (QED) is 0.358. The molecule has 1 saturated heterocycles. The molecule has 1 N–H and O–H groups in total. The van der Waals surface area contributed by atoms with Crippen molar-refractivity contribution < 1.29 is 19.1 Å². The molecule has 0 radical (unpaired) electrons. The van der Waals surface area contributed by atoms with Crippen LogP contribution in [-0.2, 0) is 14.3 Å². The topological polar surface area (TPSA) is 99.5 Å². The van der Waals surface area contributed by atoms with Crippen molar-refractivity contribution >= 4 is 23.3 Å². The summed E-state index contributed by atoms with van der Waals surface area (Å²) in [5.41, 5.74) is 1.13. The van der Waals surface area contributed by atoms with E-state index in [4.69, 9.17) is 4.74 Å². The molecule has 1 aliphatic rings. The number of nitrogens with one attached hydrogen (secondary N) is 1. The fourth-order valence-corrected chi connectivity index (χ4v) is 2.87. The van der Waals surface area contributed by atoms with E-state index in [1.165, 1.54) is 13.1 Å². The average Bonchev–Trinajstić information content (AvgIpc) is 2.68. The van der Waals surface area contributed by atoms with E-state index in [1.54, 1.807) is 36.1 Å². The van der Waals surface area contributed by atoms with Gasteiger partial charge in [0, 0.05) is 30.5 Å². The van der Waals surface area contributed by atoms with Crippen molar-refractivity contribution in [3.05, 3.63) is 41.6 Å². The highest BCUT2D eigenvalue weighted by atomic mass is 16.5. The van der Waals surface area contributed by atoms with Crippen LogP contribution in [0.15, 0.2) is 36.0 Å². The first-order valence-electron chi connectivity index (χ1n) is 8.90. The summed E-state index contributed by atoms with van der Waals surface area (Å²) in [7, 11) is 0. The van der Waals surface area contributed by atoms with Gasteiger partial charge in [-0.1, -0.05) is 12.1 Å². The van der Waals surface area contributed by atoms with Gasteiger partial charge in [0.2, 0.25) is 0 Å². The Morgan fingerprint density at radius 2 is 2.04 bits per heavy atom. The average molecular weight is 369 g/mol. The monoisotopic (exact) mass is 369 g/mol. The van der Waals surface area contributed by atoms with Gasteiger partial charge in [-0.25, -0.2) is 0 Å². The van der Waals surface area contributed by atoms with Gasteiger partial charge in [-0.2, -0.15) is 5.26 Å². The summed E-state index contributed by atoms with van der Waals surface area (Å²) in [5, 5.41) is 12.2. The van der Waals surface area contributed by atoms with Crippen molar-refractivity contribution in [1.29, 1.82) is 5.26 Å². The second-order valence-corrected chi connectivity index (χ2v) is 6.27. The van der Waals surface area contributed by atoms with Gasteiger partial charge in [0.15, 0.2) is 5.78 Å². The fourth-order valence-electron chi connectivity index (χ4n) is 2.87. The minimum atomic E-state index is -0.380. The smallest absolute Gasteiger partial charge is 0.309 e. The molecule has 0 spiro atoms. The molecule has 1 fully saturated rings. The number of nitrogens with zero attached hydrogens (tertiary/aromatic N) is 2. The number of ketones is 1. The Hall–Kier alpha value is -3.14. The third-order valence-corrected chi connectivity index (χ3v) is 4.41. The number of hydrogen-bond donors (Lipinski definition) is 1. The number of anilines is 1. The van der Waals surface area contributed by atoms with Crippen molar-refractivity contribution in [2.75, 3.05) is 25.0 Å². The molecule has 0 bridgehead atoms. The Labute approximate surface area is 158 Å². The van der Waals surface area contributed by atoms with Crippen molar-refractivity contribution in [1.82, 2.24) is 4.90 Å². The predicted octanol–water partition coefficient (Wildman–Crippen LogP) is 2.51. The van der Waals surface area contributed by atoms with Gasteiger partial charge in [0.1, 0.15) is 11.6 Å². The van der Waals surface area contributed by atoms with Crippen LogP contribution in [0.3, 0.4) is 0 Å². The lowest BCUT2D eigenvalue weighted by atomic mass is 9.96. The van der Waals surface area contributed by atoms with Gasteiger partial charge >= 0.3 is 5.97 Å². The maximum absolute atomic E-state index is 12.6. The van der Waals surface area contributed by atoms with Crippen LogP contribution in [-0.4, -0.2) is 42.3 Å². The highest BCUT2D eigenvalue weighted by Crippen LogP contribution is 2.20. The molecule has 1 aromatic carbocycles. The molecule has 0 unspecified atom stereocenters. The molecular formula is C20H23N3O4. The highest BCUT2D eigenvalue weighted by Gasteiger charge is 2.29. The molecule has 0 aliphatic carbocycles. The van der Waals surface area contributed by atoms with E-state index in [0.717, 1.165) is 0 Å². The number of nitriles is 1. The molecular weight excluding hydrogens is 346 g/mol. The molecule has 0 saturated carbocycles. The van der Waals surface area contributed by atoms with Crippen LogP contribution in [0.2, 0.25) is 0 Å². The number of likely N-dealkylation sites (tertiary alicyclic amines) is 1. The first-order valence-corrected chi connectivity index (χ1v) is 8.90. The van der Waals surface area contributed by atoms with Crippen LogP contribution < -0.4 is 5.32 Å². The van der Waals surface area contributed by atoms with Crippen molar-refractivity contribution in [3.8, 4) is 6.07 Å². The first kappa shape index (κ1) is 20.2. The maximum atomic E-state index is 12.6. The number of ether oxygens (including phenoxy) is 1. The van der Waals surface area contributed by atoms with Crippen LogP contribution in [0.1, 0.15) is 37.0 Å². The zero-order valence-electron chi connectivity index (χ0n) is 15.5. The number of Topliss-reactive ketones (excluding diaryl/α,β-unsaturated/α-hetero) is 1. The molecule has 7 heteroatoms. The molecule has 1 aliphatic heterocycles.